The summed E-state index contributed by atoms with van der Waals surface area (Å²) in [6, 6.07) is 20.6. The number of ether oxygens (including phenoxy) is 2. The number of amidine groups is 1. The molecule has 174 valence electrons. The van der Waals surface area contributed by atoms with Crippen LogP contribution < -0.4 is 15.1 Å². The van der Waals surface area contributed by atoms with Gasteiger partial charge in [-0.1, -0.05) is 60.7 Å². The monoisotopic (exact) mass is 456 g/mol. The second-order valence-corrected chi connectivity index (χ2v) is 8.62. The lowest BCUT2D eigenvalue weighted by atomic mass is 9.95. The van der Waals surface area contributed by atoms with E-state index in [4.69, 9.17) is 24.7 Å². The van der Waals surface area contributed by atoms with E-state index in [-0.39, 0.29) is 6.04 Å². The summed E-state index contributed by atoms with van der Waals surface area (Å²) in [5.41, 5.74) is 4.24. The topological polar surface area (TPSA) is 75.1 Å². The number of rotatable bonds is 4. The third-order valence-electron chi connectivity index (χ3n) is 6.53. The Hall–Kier alpha value is -3.49. The van der Waals surface area contributed by atoms with Crippen molar-refractivity contribution in [2.24, 2.45) is 4.99 Å². The molecule has 0 bridgehead atoms. The van der Waals surface area contributed by atoms with E-state index in [1.54, 1.807) is 0 Å². The quantitative estimate of drug-likeness (QED) is 0.647. The largest absolute Gasteiger partial charge is 0.378 e. The highest BCUT2D eigenvalue weighted by Crippen LogP contribution is 2.44. The number of hydrogen-bond acceptors (Lipinski definition) is 8. The van der Waals surface area contributed by atoms with E-state index in [9.17, 15) is 0 Å². The molecule has 0 amide bonds. The van der Waals surface area contributed by atoms with Crippen LogP contribution in [0.2, 0.25) is 0 Å². The first-order valence-electron chi connectivity index (χ1n) is 11.9. The number of nitrogens with one attached hydrogen (secondary N) is 1. The van der Waals surface area contributed by atoms with Gasteiger partial charge in [-0.15, -0.1) is 10.2 Å². The molecule has 1 unspecified atom stereocenters. The summed E-state index contributed by atoms with van der Waals surface area (Å²) in [6.07, 6.45) is 0. The molecule has 3 aliphatic rings. The average Bonchev–Trinajstić information content (AvgIpc) is 2.94. The highest BCUT2D eigenvalue weighted by Gasteiger charge is 2.34. The van der Waals surface area contributed by atoms with Crippen LogP contribution in [0.25, 0.3) is 0 Å². The number of fused-ring (bicyclic) bond motifs is 1. The smallest absolute Gasteiger partial charge is 0.175 e. The van der Waals surface area contributed by atoms with Crippen molar-refractivity contribution in [2.45, 2.75) is 6.04 Å². The second kappa shape index (κ2) is 9.40. The van der Waals surface area contributed by atoms with Crippen molar-refractivity contribution in [3.8, 4) is 0 Å². The number of anilines is 3. The third-order valence-corrected chi connectivity index (χ3v) is 6.53. The van der Waals surface area contributed by atoms with Gasteiger partial charge in [0.15, 0.2) is 11.6 Å². The van der Waals surface area contributed by atoms with Crippen LogP contribution in [0.5, 0.6) is 0 Å². The first-order valence-corrected chi connectivity index (χ1v) is 11.9. The Morgan fingerprint density at radius 2 is 1.26 bits per heavy atom. The number of morpholine rings is 2. The predicted molar refractivity (Wildman–Crippen MR) is 133 cm³/mol. The second-order valence-electron chi connectivity index (χ2n) is 8.62. The van der Waals surface area contributed by atoms with Crippen LogP contribution in [0.3, 0.4) is 0 Å². The lowest BCUT2D eigenvalue weighted by Crippen LogP contribution is -2.40. The molecule has 1 aromatic heterocycles. The SMILES string of the molecule is c1ccc(C2=NC(c3ccccc3)c3c(N4CCOCC4)nnc(N4CCOCC4)c3N2)cc1. The molecule has 1 atom stereocenters. The Morgan fingerprint density at radius 3 is 1.91 bits per heavy atom. The summed E-state index contributed by atoms with van der Waals surface area (Å²) in [5, 5.41) is 13.2. The highest BCUT2D eigenvalue weighted by atomic mass is 16.5. The molecule has 3 aliphatic heterocycles. The number of benzene rings is 2. The summed E-state index contributed by atoms with van der Waals surface area (Å²) in [7, 11) is 0. The van der Waals surface area contributed by atoms with Crippen molar-refractivity contribution in [3.05, 3.63) is 77.4 Å². The molecular formula is C26H28N6O2. The predicted octanol–water partition coefficient (Wildman–Crippen LogP) is 3.11. The first-order chi connectivity index (χ1) is 16.9. The van der Waals surface area contributed by atoms with Gasteiger partial charge in [0.25, 0.3) is 0 Å². The van der Waals surface area contributed by atoms with Crippen molar-refractivity contribution >= 4 is 23.2 Å². The van der Waals surface area contributed by atoms with Crippen molar-refractivity contribution < 1.29 is 9.47 Å². The van der Waals surface area contributed by atoms with E-state index in [2.05, 4.69) is 51.5 Å². The standard InChI is InChI=1S/C26H28N6O2/c1-3-7-19(8-4-1)22-21-23(28-24(27-22)20-9-5-2-6-10-20)26(32-13-17-34-18-14-32)30-29-25(21)31-11-15-33-16-12-31/h1-10,22H,11-18H2,(H,27,28). The maximum Gasteiger partial charge on any atom is 0.175 e. The summed E-state index contributed by atoms with van der Waals surface area (Å²) < 4.78 is 11.2. The molecule has 34 heavy (non-hydrogen) atoms. The van der Waals surface area contributed by atoms with Crippen molar-refractivity contribution in [3.63, 3.8) is 0 Å². The van der Waals surface area contributed by atoms with Crippen LogP contribution in [-0.2, 0) is 9.47 Å². The summed E-state index contributed by atoms with van der Waals surface area (Å²) in [6.45, 7) is 5.88. The number of nitrogens with zero attached hydrogens (tertiary/aromatic N) is 5. The van der Waals surface area contributed by atoms with Crippen molar-refractivity contribution in [2.75, 3.05) is 67.7 Å². The average molecular weight is 457 g/mol. The van der Waals surface area contributed by atoms with E-state index in [1.165, 1.54) is 0 Å². The fourth-order valence-corrected chi connectivity index (χ4v) is 4.78. The van der Waals surface area contributed by atoms with Crippen molar-refractivity contribution in [1.82, 2.24) is 10.2 Å². The fraction of sp³-hybridized carbons (Fsp3) is 0.346. The van der Waals surface area contributed by atoms with Crippen LogP contribution >= 0.6 is 0 Å². The molecule has 8 heteroatoms. The molecule has 3 aromatic rings. The first kappa shape index (κ1) is 21.1. The molecular weight excluding hydrogens is 428 g/mol. The Morgan fingerprint density at radius 1 is 0.706 bits per heavy atom. The summed E-state index contributed by atoms with van der Waals surface area (Å²) >= 11 is 0. The van der Waals surface area contributed by atoms with Crippen LogP contribution in [0.15, 0.2) is 65.7 Å². The number of hydrogen-bond donors (Lipinski definition) is 1. The maximum atomic E-state index is 5.62. The molecule has 0 saturated carbocycles. The zero-order valence-corrected chi connectivity index (χ0v) is 19.1. The van der Waals surface area contributed by atoms with Crippen LogP contribution in [0.4, 0.5) is 17.3 Å². The van der Waals surface area contributed by atoms with E-state index >= 15 is 0 Å². The van der Waals surface area contributed by atoms with Gasteiger partial charge >= 0.3 is 0 Å². The van der Waals surface area contributed by atoms with Gasteiger partial charge in [0.2, 0.25) is 0 Å². The van der Waals surface area contributed by atoms with Gasteiger partial charge < -0.3 is 24.6 Å². The molecule has 0 aliphatic carbocycles. The zero-order chi connectivity index (χ0) is 22.7. The molecule has 6 rings (SSSR count). The molecule has 2 saturated heterocycles. The van der Waals surface area contributed by atoms with E-state index in [1.807, 2.05) is 24.3 Å². The van der Waals surface area contributed by atoms with Gasteiger partial charge in [-0.2, -0.15) is 0 Å². The van der Waals surface area contributed by atoms with Gasteiger partial charge in [-0.25, -0.2) is 0 Å². The lowest BCUT2D eigenvalue weighted by molar-refractivity contribution is 0.121. The minimum absolute atomic E-state index is 0.194. The minimum Gasteiger partial charge on any atom is -0.378 e. The van der Waals surface area contributed by atoms with Crippen LogP contribution in [0.1, 0.15) is 22.7 Å². The zero-order valence-electron chi connectivity index (χ0n) is 19.1. The Kier molecular flexibility index (Phi) is 5.83. The third kappa shape index (κ3) is 3.99. The van der Waals surface area contributed by atoms with Gasteiger partial charge in [0.05, 0.1) is 37.7 Å². The molecule has 0 spiro atoms. The lowest BCUT2D eigenvalue weighted by Gasteiger charge is -2.36. The molecule has 1 N–H and O–H groups in total. The number of aromatic nitrogens is 2. The summed E-state index contributed by atoms with van der Waals surface area (Å²) in [5.74, 6) is 2.59. The van der Waals surface area contributed by atoms with Gasteiger partial charge in [-0.3, -0.25) is 4.99 Å². The Balaban J connectivity index is 1.55. The van der Waals surface area contributed by atoms with Gasteiger partial charge in [0.1, 0.15) is 11.9 Å². The number of aliphatic imine (C=N–C) groups is 1. The van der Waals surface area contributed by atoms with E-state index in [0.29, 0.717) is 26.4 Å². The van der Waals surface area contributed by atoms with Crippen molar-refractivity contribution in [1.29, 1.82) is 0 Å². The Bertz CT molecular complexity index is 1160. The molecule has 8 nitrogen and oxygen atoms in total. The molecule has 0 radical (unpaired) electrons. The highest BCUT2D eigenvalue weighted by molar-refractivity contribution is 6.11. The fourth-order valence-electron chi connectivity index (χ4n) is 4.78. The maximum absolute atomic E-state index is 5.62. The van der Waals surface area contributed by atoms with Gasteiger partial charge in [-0.05, 0) is 5.56 Å². The molecule has 2 aromatic carbocycles. The van der Waals surface area contributed by atoms with Crippen LogP contribution in [-0.4, -0.2) is 68.6 Å². The molecule has 4 heterocycles. The van der Waals surface area contributed by atoms with Gasteiger partial charge in [0, 0.05) is 31.7 Å². The minimum atomic E-state index is -0.194. The van der Waals surface area contributed by atoms with Crippen LogP contribution in [0, 0.1) is 0 Å². The normalized spacial score (nSPS) is 20.4. The molecule has 2 fully saturated rings. The summed E-state index contributed by atoms with van der Waals surface area (Å²) in [4.78, 5) is 9.78. The Labute approximate surface area is 199 Å². The van der Waals surface area contributed by atoms with E-state index in [0.717, 1.165) is 66.0 Å². The van der Waals surface area contributed by atoms with E-state index < -0.39 is 0 Å².